The lowest BCUT2D eigenvalue weighted by Crippen LogP contribution is -2.42. The molecule has 9 heteroatoms. The lowest BCUT2D eigenvalue weighted by Gasteiger charge is -2.21. The molecule has 0 fully saturated rings. The monoisotopic (exact) mass is 387 g/mol. The second kappa shape index (κ2) is 11.6. The van der Waals surface area contributed by atoms with Gasteiger partial charge in [0, 0.05) is 32.0 Å². The van der Waals surface area contributed by atoms with Gasteiger partial charge < -0.3 is 29.7 Å². The normalized spacial score (nSPS) is 12.1. The van der Waals surface area contributed by atoms with E-state index in [-0.39, 0.29) is 37.3 Å². The first kappa shape index (κ1) is 22.0. The molecule has 0 saturated carbocycles. The van der Waals surface area contributed by atoms with Gasteiger partial charge in [-0.05, 0) is 19.1 Å². The first-order valence-electron chi connectivity index (χ1n) is 8.31. The summed E-state index contributed by atoms with van der Waals surface area (Å²) in [6.07, 6.45) is 0. The van der Waals surface area contributed by atoms with Crippen LogP contribution in [0.15, 0.2) is 18.2 Å². The van der Waals surface area contributed by atoms with Gasteiger partial charge in [0.05, 0.1) is 19.7 Å². The highest BCUT2D eigenvalue weighted by atomic mass is 35.5. The van der Waals surface area contributed by atoms with Gasteiger partial charge in [-0.15, -0.1) is 12.4 Å². The summed E-state index contributed by atoms with van der Waals surface area (Å²) in [4.78, 5) is 25.8. The highest BCUT2D eigenvalue weighted by Gasteiger charge is 2.17. The smallest absolute Gasteiger partial charge is 0.243 e. The molecular formula is C17H26ClN3O5. The molecule has 0 aliphatic carbocycles. The molecule has 0 atom stereocenters. The van der Waals surface area contributed by atoms with Gasteiger partial charge in [0.25, 0.3) is 0 Å². The van der Waals surface area contributed by atoms with E-state index in [1.807, 2.05) is 6.92 Å². The molecule has 0 bridgehead atoms. The molecule has 0 radical (unpaired) electrons. The summed E-state index contributed by atoms with van der Waals surface area (Å²) in [5.74, 6) is 0.881. The van der Waals surface area contributed by atoms with Gasteiger partial charge in [0.1, 0.15) is 13.2 Å². The quantitative estimate of drug-likeness (QED) is 0.612. The Hall–Kier alpha value is -2.03. The lowest BCUT2D eigenvalue weighted by molar-refractivity contribution is -0.133. The molecule has 0 saturated heterocycles. The van der Waals surface area contributed by atoms with Crippen molar-refractivity contribution < 1.29 is 23.8 Å². The van der Waals surface area contributed by atoms with E-state index in [0.717, 1.165) is 0 Å². The average molecular weight is 388 g/mol. The minimum atomic E-state index is -0.260. The summed E-state index contributed by atoms with van der Waals surface area (Å²) >= 11 is 0. The highest BCUT2D eigenvalue weighted by molar-refractivity contribution is 5.95. The van der Waals surface area contributed by atoms with E-state index in [9.17, 15) is 9.59 Å². The zero-order valence-corrected chi connectivity index (χ0v) is 15.9. The topological polar surface area (TPSA) is 89.1 Å². The molecule has 8 nitrogen and oxygen atoms in total. The van der Waals surface area contributed by atoms with Crippen LogP contribution >= 0.6 is 12.4 Å². The van der Waals surface area contributed by atoms with Crippen molar-refractivity contribution in [3.8, 4) is 11.5 Å². The van der Waals surface area contributed by atoms with Crippen LogP contribution in [0.1, 0.15) is 6.92 Å². The van der Waals surface area contributed by atoms with E-state index >= 15 is 0 Å². The highest BCUT2D eigenvalue weighted by Crippen LogP contribution is 2.32. The Labute approximate surface area is 159 Å². The Bertz CT molecular complexity index is 600. The summed E-state index contributed by atoms with van der Waals surface area (Å²) < 4.78 is 15.8. The molecule has 0 aromatic heterocycles. The van der Waals surface area contributed by atoms with E-state index < -0.39 is 0 Å². The molecule has 0 spiro atoms. The first-order chi connectivity index (χ1) is 12.1. The number of carbonyl (C=O) groups excluding carboxylic acids is 2. The maximum atomic E-state index is 12.2. The Morgan fingerprint density at radius 3 is 2.65 bits per heavy atom. The van der Waals surface area contributed by atoms with Crippen molar-refractivity contribution >= 4 is 29.9 Å². The fraction of sp³-hybridized carbons (Fsp3) is 0.529. The number of ether oxygens (including phenoxy) is 3. The minimum Gasteiger partial charge on any atom is -0.486 e. The van der Waals surface area contributed by atoms with Crippen LogP contribution in [0.5, 0.6) is 11.5 Å². The second-order valence-electron chi connectivity index (χ2n) is 5.48. The van der Waals surface area contributed by atoms with Crippen LogP contribution in [-0.2, 0) is 14.3 Å². The second-order valence-corrected chi connectivity index (χ2v) is 5.48. The summed E-state index contributed by atoms with van der Waals surface area (Å²) in [5, 5.41) is 5.76. The number of halogens is 1. The Kier molecular flexibility index (Phi) is 9.79. The summed E-state index contributed by atoms with van der Waals surface area (Å²) in [6.45, 7) is 4.59. The van der Waals surface area contributed by atoms with Gasteiger partial charge in [-0.2, -0.15) is 0 Å². The third-order valence-corrected chi connectivity index (χ3v) is 3.65. The standard InChI is InChI=1S/C17H25N3O5.ClH/c1-3-20(17(22)11-18-6-7-23-2)12-16(21)19-13-4-5-14-15(10-13)25-9-8-24-14;/h4-5,10,18H,3,6-9,11-12H2,1-2H3,(H,19,21);1H. The van der Waals surface area contributed by atoms with Crippen LogP contribution in [-0.4, -0.2) is 69.8 Å². The van der Waals surface area contributed by atoms with Gasteiger partial charge in [0.15, 0.2) is 11.5 Å². The molecule has 1 aromatic rings. The zero-order valence-electron chi connectivity index (χ0n) is 15.1. The van der Waals surface area contributed by atoms with Crippen LogP contribution < -0.4 is 20.1 Å². The SMILES string of the molecule is CCN(CC(=O)Nc1ccc2c(c1)OCCO2)C(=O)CNCCOC.Cl. The number of nitrogens with one attached hydrogen (secondary N) is 2. The summed E-state index contributed by atoms with van der Waals surface area (Å²) in [6, 6.07) is 5.22. The van der Waals surface area contributed by atoms with Gasteiger partial charge in [0.2, 0.25) is 11.8 Å². The Morgan fingerprint density at radius 2 is 1.96 bits per heavy atom. The first-order valence-corrected chi connectivity index (χ1v) is 8.31. The summed E-state index contributed by atoms with van der Waals surface area (Å²) in [5.41, 5.74) is 0.607. The molecule has 26 heavy (non-hydrogen) atoms. The predicted molar refractivity (Wildman–Crippen MR) is 100 cm³/mol. The molecule has 1 heterocycles. The molecule has 2 amide bonds. The van der Waals surface area contributed by atoms with E-state index in [4.69, 9.17) is 14.2 Å². The number of hydrogen-bond donors (Lipinski definition) is 2. The van der Waals surface area contributed by atoms with Crippen LogP contribution in [0.25, 0.3) is 0 Å². The number of nitrogens with zero attached hydrogens (tertiary/aromatic N) is 1. The lowest BCUT2D eigenvalue weighted by atomic mass is 10.2. The van der Waals surface area contributed by atoms with Crippen molar-refractivity contribution in [2.75, 3.05) is 58.4 Å². The third kappa shape index (κ3) is 6.70. The maximum absolute atomic E-state index is 12.2. The Morgan fingerprint density at radius 1 is 1.23 bits per heavy atom. The van der Waals surface area contributed by atoms with Crippen LogP contribution in [0, 0.1) is 0 Å². The number of hydrogen-bond acceptors (Lipinski definition) is 6. The number of anilines is 1. The van der Waals surface area contributed by atoms with Crippen molar-refractivity contribution in [3.05, 3.63) is 18.2 Å². The van der Waals surface area contributed by atoms with E-state index in [2.05, 4.69) is 10.6 Å². The van der Waals surface area contributed by atoms with E-state index in [0.29, 0.717) is 50.1 Å². The number of amides is 2. The van der Waals surface area contributed by atoms with Crippen molar-refractivity contribution in [3.63, 3.8) is 0 Å². The molecule has 1 aliphatic heterocycles. The van der Waals surface area contributed by atoms with E-state index in [1.54, 1.807) is 25.3 Å². The maximum Gasteiger partial charge on any atom is 0.243 e. The van der Waals surface area contributed by atoms with Crippen LogP contribution in [0.3, 0.4) is 0 Å². The van der Waals surface area contributed by atoms with Crippen LogP contribution in [0.2, 0.25) is 0 Å². The largest absolute Gasteiger partial charge is 0.486 e. The molecule has 1 aliphatic rings. The van der Waals surface area contributed by atoms with Gasteiger partial charge in [-0.3, -0.25) is 9.59 Å². The third-order valence-electron chi connectivity index (χ3n) is 3.65. The molecule has 2 N–H and O–H groups in total. The van der Waals surface area contributed by atoms with Gasteiger partial charge in [-0.25, -0.2) is 0 Å². The van der Waals surface area contributed by atoms with Gasteiger partial charge in [-0.1, -0.05) is 0 Å². The average Bonchev–Trinajstić information content (AvgIpc) is 2.63. The fourth-order valence-electron chi connectivity index (χ4n) is 2.35. The molecule has 2 rings (SSSR count). The fourth-order valence-corrected chi connectivity index (χ4v) is 2.35. The predicted octanol–water partition coefficient (Wildman–Crippen LogP) is 0.903. The van der Waals surface area contributed by atoms with Crippen LogP contribution in [0.4, 0.5) is 5.69 Å². The number of benzene rings is 1. The van der Waals surface area contributed by atoms with Crippen molar-refractivity contribution in [2.24, 2.45) is 0 Å². The van der Waals surface area contributed by atoms with E-state index in [1.165, 1.54) is 4.90 Å². The molecule has 1 aromatic carbocycles. The number of carbonyl (C=O) groups is 2. The minimum absolute atomic E-state index is 0. The molecule has 146 valence electrons. The summed E-state index contributed by atoms with van der Waals surface area (Å²) in [7, 11) is 1.60. The molecular weight excluding hydrogens is 362 g/mol. The number of methoxy groups -OCH3 is 1. The zero-order chi connectivity index (χ0) is 18.1. The molecule has 0 unspecified atom stereocenters. The van der Waals surface area contributed by atoms with Crippen molar-refractivity contribution in [1.82, 2.24) is 10.2 Å². The number of rotatable bonds is 9. The van der Waals surface area contributed by atoms with Crippen molar-refractivity contribution in [1.29, 1.82) is 0 Å². The van der Waals surface area contributed by atoms with Gasteiger partial charge >= 0.3 is 0 Å². The van der Waals surface area contributed by atoms with Crippen molar-refractivity contribution in [2.45, 2.75) is 6.92 Å². The number of likely N-dealkylation sites (N-methyl/N-ethyl adjacent to an activating group) is 1. The number of fused-ring (bicyclic) bond motifs is 1. The Balaban J connectivity index is 0.00000338.